The Labute approximate surface area is 77.2 Å². The van der Waals surface area contributed by atoms with Crippen molar-refractivity contribution in [3.8, 4) is 0 Å². The second-order valence-electron chi connectivity index (χ2n) is 2.27. The zero-order valence-electron chi connectivity index (χ0n) is 7.03. The van der Waals surface area contributed by atoms with Crippen LogP contribution in [0.15, 0.2) is 51.7 Å². The monoisotopic (exact) mass is 177 g/mol. The average molecular weight is 177 g/mol. The van der Waals surface area contributed by atoms with Gasteiger partial charge in [-0.1, -0.05) is 36.5 Å². The molecule has 1 nitrogen and oxygen atoms in total. The molecule has 0 radical (unpaired) electrons. The van der Waals surface area contributed by atoms with Crippen LogP contribution in [0.25, 0.3) is 0 Å². The van der Waals surface area contributed by atoms with Gasteiger partial charge in [0, 0.05) is 23.1 Å². The highest BCUT2D eigenvalue weighted by atomic mass is 32.2. The van der Waals surface area contributed by atoms with E-state index >= 15 is 0 Å². The maximum atomic E-state index is 3.89. The minimum Gasteiger partial charge on any atom is -0.295 e. The summed E-state index contributed by atoms with van der Waals surface area (Å²) in [7, 11) is 1.75. The van der Waals surface area contributed by atoms with Crippen LogP contribution >= 0.6 is 11.8 Å². The van der Waals surface area contributed by atoms with Gasteiger partial charge < -0.3 is 0 Å². The third-order valence-corrected chi connectivity index (χ3v) is 2.14. The third kappa shape index (κ3) is 2.93. The summed E-state index contributed by atoms with van der Waals surface area (Å²) in [5, 5.41) is 0. The first kappa shape index (κ1) is 9.07. The highest BCUT2D eigenvalue weighted by molar-refractivity contribution is 8.03. The fourth-order valence-corrected chi connectivity index (χ4v) is 1.56. The van der Waals surface area contributed by atoms with Crippen molar-refractivity contribution in [1.29, 1.82) is 0 Å². The van der Waals surface area contributed by atoms with E-state index in [2.05, 4.69) is 23.7 Å². The third-order valence-electron chi connectivity index (χ3n) is 1.27. The van der Waals surface area contributed by atoms with Gasteiger partial charge in [-0.15, -0.1) is 0 Å². The normalized spacial score (nSPS) is 10.4. The lowest BCUT2D eigenvalue weighted by atomic mass is 10.4. The highest BCUT2D eigenvalue weighted by Crippen LogP contribution is 2.22. The summed E-state index contributed by atoms with van der Waals surface area (Å²) >= 11 is 1.62. The Kier molecular flexibility index (Phi) is 3.61. The topological polar surface area (TPSA) is 12.4 Å². The van der Waals surface area contributed by atoms with Gasteiger partial charge in [0.2, 0.25) is 0 Å². The van der Waals surface area contributed by atoms with E-state index in [0.717, 1.165) is 4.91 Å². The molecule has 0 spiro atoms. The second kappa shape index (κ2) is 4.78. The van der Waals surface area contributed by atoms with Crippen LogP contribution in [-0.4, -0.2) is 13.3 Å². The van der Waals surface area contributed by atoms with Crippen LogP contribution in [0.5, 0.6) is 0 Å². The molecule has 0 bridgehead atoms. The SMILES string of the molecule is C=C(C=NC)Sc1ccccc1. The van der Waals surface area contributed by atoms with Gasteiger partial charge in [0.05, 0.1) is 0 Å². The number of hydrogen-bond donors (Lipinski definition) is 0. The van der Waals surface area contributed by atoms with Crippen LogP contribution in [0, 0.1) is 0 Å². The summed E-state index contributed by atoms with van der Waals surface area (Å²) in [5.41, 5.74) is 0. The van der Waals surface area contributed by atoms with E-state index in [0.29, 0.717) is 0 Å². The van der Waals surface area contributed by atoms with Crippen LogP contribution in [0.4, 0.5) is 0 Å². The van der Waals surface area contributed by atoms with Crippen LogP contribution in [0.1, 0.15) is 0 Å². The maximum Gasteiger partial charge on any atom is 0.0342 e. The molecule has 2 heteroatoms. The van der Waals surface area contributed by atoms with E-state index in [9.17, 15) is 0 Å². The molecule has 62 valence electrons. The predicted octanol–water partition coefficient (Wildman–Crippen LogP) is 2.99. The van der Waals surface area contributed by atoms with Gasteiger partial charge in [-0.05, 0) is 12.1 Å². The molecule has 0 aromatic heterocycles. The first-order valence-electron chi connectivity index (χ1n) is 3.67. The number of rotatable bonds is 3. The van der Waals surface area contributed by atoms with Crippen molar-refractivity contribution in [2.45, 2.75) is 4.90 Å². The predicted molar refractivity (Wildman–Crippen MR) is 55.9 cm³/mol. The second-order valence-corrected chi connectivity index (χ2v) is 3.47. The van der Waals surface area contributed by atoms with Crippen molar-refractivity contribution in [1.82, 2.24) is 0 Å². The Morgan fingerprint density at radius 1 is 1.42 bits per heavy atom. The molecule has 0 unspecified atom stereocenters. The molecular weight excluding hydrogens is 166 g/mol. The van der Waals surface area contributed by atoms with Crippen LogP contribution in [0.3, 0.4) is 0 Å². The Balaban J connectivity index is 2.59. The quantitative estimate of drug-likeness (QED) is 0.510. The molecule has 0 saturated carbocycles. The Hall–Kier alpha value is -1.02. The fraction of sp³-hybridized carbons (Fsp3) is 0.100. The number of hydrogen-bond acceptors (Lipinski definition) is 2. The summed E-state index contributed by atoms with van der Waals surface area (Å²) in [6.45, 7) is 3.85. The van der Waals surface area contributed by atoms with Crippen molar-refractivity contribution in [3.05, 3.63) is 41.8 Å². The molecule has 0 aliphatic rings. The highest BCUT2D eigenvalue weighted by Gasteiger charge is 1.92. The summed E-state index contributed by atoms with van der Waals surface area (Å²) in [5.74, 6) is 0. The van der Waals surface area contributed by atoms with Crippen LogP contribution in [-0.2, 0) is 0 Å². The molecule has 0 atom stereocenters. The summed E-state index contributed by atoms with van der Waals surface area (Å²) in [6.07, 6.45) is 1.76. The number of thioether (sulfide) groups is 1. The molecule has 1 aromatic carbocycles. The molecule has 0 amide bonds. The van der Waals surface area contributed by atoms with E-state index < -0.39 is 0 Å². The molecule has 0 aliphatic carbocycles. The molecule has 0 saturated heterocycles. The smallest absolute Gasteiger partial charge is 0.0342 e. The van der Waals surface area contributed by atoms with E-state index in [4.69, 9.17) is 0 Å². The van der Waals surface area contributed by atoms with Gasteiger partial charge in [0.25, 0.3) is 0 Å². The Morgan fingerprint density at radius 3 is 2.67 bits per heavy atom. The molecule has 0 aliphatic heterocycles. The Morgan fingerprint density at radius 2 is 2.08 bits per heavy atom. The van der Waals surface area contributed by atoms with Crippen molar-refractivity contribution in [2.24, 2.45) is 4.99 Å². The average Bonchev–Trinajstić information content (AvgIpc) is 2.06. The zero-order valence-corrected chi connectivity index (χ0v) is 7.84. The first-order chi connectivity index (χ1) is 5.83. The van der Waals surface area contributed by atoms with Gasteiger partial charge in [-0.2, -0.15) is 0 Å². The summed E-state index contributed by atoms with van der Waals surface area (Å²) in [4.78, 5) is 6.04. The van der Waals surface area contributed by atoms with Crippen LogP contribution in [0.2, 0.25) is 0 Å². The van der Waals surface area contributed by atoms with E-state index in [1.54, 1.807) is 25.0 Å². The van der Waals surface area contributed by atoms with Gasteiger partial charge >= 0.3 is 0 Å². The van der Waals surface area contributed by atoms with Gasteiger partial charge in [-0.3, -0.25) is 4.99 Å². The fourth-order valence-electron chi connectivity index (χ4n) is 0.810. The zero-order chi connectivity index (χ0) is 8.81. The van der Waals surface area contributed by atoms with Crippen LogP contribution < -0.4 is 0 Å². The standard InChI is InChI=1S/C10H11NS/c1-9(8-11-2)12-10-6-4-3-5-7-10/h3-8H,1H2,2H3. The molecule has 1 aromatic rings. The number of allylic oxidation sites excluding steroid dienone is 1. The number of benzene rings is 1. The number of aliphatic imine (C=N–C) groups is 1. The Bertz CT molecular complexity index is 277. The van der Waals surface area contributed by atoms with E-state index in [1.807, 2.05) is 18.2 Å². The van der Waals surface area contributed by atoms with Crippen molar-refractivity contribution < 1.29 is 0 Å². The van der Waals surface area contributed by atoms with E-state index in [-0.39, 0.29) is 0 Å². The number of nitrogens with zero attached hydrogens (tertiary/aromatic N) is 1. The van der Waals surface area contributed by atoms with E-state index in [1.165, 1.54) is 4.90 Å². The molecule has 1 rings (SSSR count). The lowest BCUT2D eigenvalue weighted by Gasteiger charge is -1.97. The minimum absolute atomic E-state index is 0.962. The molecule has 0 heterocycles. The van der Waals surface area contributed by atoms with Gasteiger partial charge in [0.1, 0.15) is 0 Å². The van der Waals surface area contributed by atoms with Crippen molar-refractivity contribution in [3.63, 3.8) is 0 Å². The largest absolute Gasteiger partial charge is 0.295 e. The van der Waals surface area contributed by atoms with Crippen molar-refractivity contribution in [2.75, 3.05) is 7.05 Å². The maximum absolute atomic E-state index is 3.89. The molecular formula is C10H11NS. The molecule has 0 fully saturated rings. The lowest BCUT2D eigenvalue weighted by molar-refractivity contribution is 1.46. The van der Waals surface area contributed by atoms with Crippen molar-refractivity contribution >= 4 is 18.0 Å². The lowest BCUT2D eigenvalue weighted by Crippen LogP contribution is -1.75. The summed E-state index contributed by atoms with van der Waals surface area (Å²) in [6, 6.07) is 10.1. The first-order valence-corrected chi connectivity index (χ1v) is 4.48. The minimum atomic E-state index is 0.962. The van der Waals surface area contributed by atoms with Gasteiger partial charge in [-0.25, -0.2) is 0 Å². The van der Waals surface area contributed by atoms with Gasteiger partial charge in [0.15, 0.2) is 0 Å². The molecule has 0 N–H and O–H groups in total. The molecule has 12 heavy (non-hydrogen) atoms. The summed E-state index contributed by atoms with van der Waals surface area (Å²) < 4.78 is 0.